The first kappa shape index (κ1) is 17.6. The van der Waals surface area contributed by atoms with Crippen LogP contribution in [0.3, 0.4) is 0 Å². The van der Waals surface area contributed by atoms with Gasteiger partial charge in [0.25, 0.3) is 5.91 Å². The highest BCUT2D eigenvalue weighted by Crippen LogP contribution is 2.25. The average molecular weight is 353 g/mol. The van der Waals surface area contributed by atoms with Crippen molar-refractivity contribution in [2.75, 3.05) is 7.11 Å². The Balaban J connectivity index is 1.94. The number of carbonyl (C=O) groups excluding carboxylic acids is 1. The molecule has 3 aromatic carbocycles. The van der Waals surface area contributed by atoms with Crippen LogP contribution in [0, 0.1) is 11.6 Å². The Morgan fingerprint density at radius 2 is 1.58 bits per heavy atom. The summed E-state index contributed by atoms with van der Waals surface area (Å²) in [4.78, 5) is 12.6. The molecule has 0 aromatic heterocycles. The minimum absolute atomic E-state index is 0.208. The van der Waals surface area contributed by atoms with E-state index >= 15 is 0 Å². The molecule has 0 saturated heterocycles. The fourth-order valence-electron chi connectivity index (χ4n) is 2.68. The van der Waals surface area contributed by atoms with Crippen LogP contribution in [0.15, 0.2) is 72.8 Å². The molecule has 0 saturated carbocycles. The van der Waals surface area contributed by atoms with Gasteiger partial charge >= 0.3 is 0 Å². The summed E-state index contributed by atoms with van der Waals surface area (Å²) in [5.74, 6) is -1.55. The molecular formula is C21H17F2NO2. The predicted octanol–water partition coefficient (Wildman–Crippen LogP) is 4.49. The molecule has 3 aromatic rings. The number of benzene rings is 3. The second kappa shape index (κ2) is 7.78. The third-order valence-electron chi connectivity index (χ3n) is 4.03. The molecule has 26 heavy (non-hydrogen) atoms. The molecule has 5 heteroatoms. The zero-order chi connectivity index (χ0) is 18.5. The fraction of sp³-hybridized carbons (Fsp3) is 0.0952. The lowest BCUT2D eigenvalue weighted by Crippen LogP contribution is -2.30. The van der Waals surface area contributed by atoms with Crippen LogP contribution in [0.2, 0.25) is 0 Å². The van der Waals surface area contributed by atoms with Crippen LogP contribution in [0.1, 0.15) is 27.5 Å². The zero-order valence-corrected chi connectivity index (χ0v) is 14.1. The molecule has 0 fully saturated rings. The Morgan fingerprint density at radius 3 is 2.19 bits per heavy atom. The van der Waals surface area contributed by atoms with Crippen molar-refractivity contribution >= 4 is 5.91 Å². The van der Waals surface area contributed by atoms with E-state index in [0.717, 1.165) is 23.3 Å². The molecule has 0 unspecified atom stereocenters. The summed E-state index contributed by atoms with van der Waals surface area (Å²) in [6.45, 7) is 0. The van der Waals surface area contributed by atoms with Gasteiger partial charge in [-0.25, -0.2) is 8.78 Å². The van der Waals surface area contributed by atoms with E-state index in [1.165, 1.54) is 0 Å². The Hall–Kier alpha value is -3.21. The van der Waals surface area contributed by atoms with E-state index in [0.29, 0.717) is 11.8 Å². The number of nitrogens with one attached hydrogen (secondary N) is 1. The first-order valence-electron chi connectivity index (χ1n) is 8.03. The summed E-state index contributed by atoms with van der Waals surface area (Å²) in [5.41, 5.74) is 1.45. The van der Waals surface area contributed by atoms with Gasteiger partial charge in [0.2, 0.25) is 0 Å². The van der Waals surface area contributed by atoms with E-state index in [1.807, 2.05) is 42.5 Å². The highest BCUT2D eigenvalue weighted by Gasteiger charge is 2.20. The second-order valence-electron chi connectivity index (χ2n) is 5.71. The maximum absolute atomic E-state index is 13.9. The van der Waals surface area contributed by atoms with Crippen molar-refractivity contribution in [3.8, 4) is 5.75 Å². The van der Waals surface area contributed by atoms with Crippen molar-refractivity contribution < 1.29 is 18.3 Å². The summed E-state index contributed by atoms with van der Waals surface area (Å²) in [7, 11) is 1.57. The van der Waals surface area contributed by atoms with Crippen LogP contribution in [0.5, 0.6) is 5.75 Å². The molecule has 0 aliphatic heterocycles. The Bertz CT molecular complexity index is 896. The third kappa shape index (κ3) is 3.88. The molecule has 0 aliphatic carbocycles. The van der Waals surface area contributed by atoms with Crippen molar-refractivity contribution in [3.63, 3.8) is 0 Å². The van der Waals surface area contributed by atoms with Crippen LogP contribution < -0.4 is 10.1 Å². The predicted molar refractivity (Wildman–Crippen MR) is 95.1 cm³/mol. The van der Waals surface area contributed by atoms with Gasteiger partial charge in [0.05, 0.1) is 18.7 Å². The number of ether oxygens (including phenoxy) is 1. The number of hydrogen-bond donors (Lipinski definition) is 1. The van der Waals surface area contributed by atoms with Gasteiger partial charge < -0.3 is 10.1 Å². The molecule has 0 radical (unpaired) electrons. The quantitative estimate of drug-likeness (QED) is 0.734. The summed E-state index contributed by atoms with van der Waals surface area (Å²) in [6, 6.07) is 19.0. The number of halogens is 2. The summed E-state index contributed by atoms with van der Waals surface area (Å²) in [6.07, 6.45) is 0. The molecule has 1 atom stereocenters. The topological polar surface area (TPSA) is 38.3 Å². The van der Waals surface area contributed by atoms with Gasteiger partial charge in [-0.15, -0.1) is 0 Å². The normalized spacial score (nSPS) is 11.7. The highest BCUT2D eigenvalue weighted by molar-refractivity contribution is 5.95. The smallest absolute Gasteiger partial charge is 0.255 e. The van der Waals surface area contributed by atoms with Gasteiger partial charge in [-0.05, 0) is 35.4 Å². The van der Waals surface area contributed by atoms with Gasteiger partial charge in [0.15, 0.2) is 0 Å². The van der Waals surface area contributed by atoms with E-state index in [9.17, 15) is 13.6 Å². The molecule has 3 rings (SSSR count). The summed E-state index contributed by atoms with van der Waals surface area (Å²) < 4.78 is 32.2. The standard InChI is InChI=1S/C21H17F2NO2/c1-26-17-10-7-15(8-11-17)20(14-5-3-2-4-6-14)24-21(25)18-12-9-16(22)13-19(18)23/h2-13,20H,1H3,(H,24,25)/t20-/m0/s1. The van der Waals surface area contributed by atoms with Crippen LogP contribution in [-0.2, 0) is 0 Å². The maximum Gasteiger partial charge on any atom is 0.255 e. The lowest BCUT2D eigenvalue weighted by Gasteiger charge is -2.20. The summed E-state index contributed by atoms with van der Waals surface area (Å²) >= 11 is 0. The van der Waals surface area contributed by atoms with Gasteiger partial charge in [-0.2, -0.15) is 0 Å². The van der Waals surface area contributed by atoms with Gasteiger partial charge in [-0.3, -0.25) is 4.79 Å². The van der Waals surface area contributed by atoms with E-state index in [-0.39, 0.29) is 5.56 Å². The number of amides is 1. The van der Waals surface area contributed by atoms with Crippen molar-refractivity contribution in [2.45, 2.75) is 6.04 Å². The largest absolute Gasteiger partial charge is 0.497 e. The van der Waals surface area contributed by atoms with Crippen molar-refractivity contribution in [1.82, 2.24) is 5.32 Å². The number of rotatable bonds is 5. The van der Waals surface area contributed by atoms with Crippen molar-refractivity contribution in [2.24, 2.45) is 0 Å². The Morgan fingerprint density at radius 1 is 0.923 bits per heavy atom. The third-order valence-corrected chi connectivity index (χ3v) is 4.03. The zero-order valence-electron chi connectivity index (χ0n) is 14.1. The van der Waals surface area contributed by atoms with Crippen LogP contribution in [-0.4, -0.2) is 13.0 Å². The molecule has 1 amide bonds. The molecule has 0 heterocycles. The fourth-order valence-corrected chi connectivity index (χ4v) is 2.68. The number of hydrogen-bond acceptors (Lipinski definition) is 2. The molecule has 0 bridgehead atoms. The molecule has 0 aliphatic rings. The summed E-state index contributed by atoms with van der Waals surface area (Å²) in [5, 5.41) is 2.82. The minimum atomic E-state index is -0.899. The van der Waals surface area contributed by atoms with Crippen LogP contribution in [0.4, 0.5) is 8.78 Å². The number of carbonyl (C=O) groups is 1. The molecule has 3 nitrogen and oxygen atoms in total. The highest BCUT2D eigenvalue weighted by atomic mass is 19.1. The van der Waals surface area contributed by atoms with Crippen molar-refractivity contribution in [1.29, 1.82) is 0 Å². The molecule has 132 valence electrons. The lowest BCUT2D eigenvalue weighted by atomic mass is 9.98. The SMILES string of the molecule is COc1ccc([C@@H](NC(=O)c2ccc(F)cc2F)c2ccccc2)cc1. The van der Waals surface area contributed by atoms with E-state index < -0.39 is 23.6 Å². The monoisotopic (exact) mass is 353 g/mol. The molecule has 1 N–H and O–H groups in total. The Kier molecular flexibility index (Phi) is 5.27. The van der Waals surface area contributed by atoms with Gasteiger partial charge in [-0.1, -0.05) is 42.5 Å². The molecular weight excluding hydrogens is 336 g/mol. The minimum Gasteiger partial charge on any atom is -0.497 e. The van der Waals surface area contributed by atoms with E-state index in [4.69, 9.17) is 4.74 Å². The maximum atomic E-state index is 13.9. The Labute approximate surface area is 150 Å². The van der Waals surface area contributed by atoms with Crippen LogP contribution >= 0.6 is 0 Å². The van der Waals surface area contributed by atoms with E-state index in [1.54, 1.807) is 19.2 Å². The van der Waals surface area contributed by atoms with Crippen molar-refractivity contribution in [3.05, 3.63) is 101 Å². The number of methoxy groups -OCH3 is 1. The average Bonchev–Trinajstić information content (AvgIpc) is 2.67. The van der Waals surface area contributed by atoms with Gasteiger partial charge in [0.1, 0.15) is 17.4 Å². The van der Waals surface area contributed by atoms with Crippen LogP contribution in [0.25, 0.3) is 0 Å². The lowest BCUT2D eigenvalue weighted by molar-refractivity contribution is 0.0939. The first-order valence-corrected chi connectivity index (χ1v) is 8.03. The first-order chi connectivity index (χ1) is 12.6. The molecule has 0 spiro atoms. The second-order valence-corrected chi connectivity index (χ2v) is 5.71. The van der Waals surface area contributed by atoms with Gasteiger partial charge in [0, 0.05) is 6.07 Å². The van der Waals surface area contributed by atoms with E-state index in [2.05, 4.69) is 5.32 Å².